The van der Waals surface area contributed by atoms with E-state index in [1.807, 2.05) is 0 Å². The van der Waals surface area contributed by atoms with Gasteiger partial charge in [-0.1, -0.05) is 102 Å². The molecule has 0 unspecified atom stereocenters. The molecule has 21 heavy (non-hydrogen) atoms. The Morgan fingerprint density at radius 1 is 0.714 bits per heavy atom. The fourth-order valence-corrected chi connectivity index (χ4v) is 6.08. The van der Waals surface area contributed by atoms with Gasteiger partial charge < -0.3 is 0 Å². The standard InChI is InChI=1S/C16H15.2C2H5.Al/c1-2-15(16-11-7-4-8-12-16)13-14-9-5-3-6-10-14;2*1-2;/h3-12H,2H2,1H3;2*1H2,2H3;. The molecule has 0 aromatic heterocycles. The van der Waals surface area contributed by atoms with Crippen molar-refractivity contribution in [2.75, 3.05) is 0 Å². The Labute approximate surface area is 133 Å². The van der Waals surface area contributed by atoms with E-state index in [-0.39, 0.29) is 0 Å². The van der Waals surface area contributed by atoms with Crippen LogP contribution < -0.4 is 0 Å². The number of hydrogen-bond donors (Lipinski definition) is 0. The van der Waals surface area contributed by atoms with Gasteiger partial charge in [-0.3, -0.25) is 0 Å². The van der Waals surface area contributed by atoms with Crippen LogP contribution in [0.5, 0.6) is 0 Å². The first kappa shape index (κ1) is 16.1. The van der Waals surface area contributed by atoms with E-state index in [4.69, 9.17) is 0 Å². The zero-order chi connectivity index (χ0) is 15.1. The molecule has 2 rings (SSSR count). The maximum absolute atomic E-state index is 2.36. The maximum atomic E-state index is 2.36. The summed E-state index contributed by atoms with van der Waals surface area (Å²) in [4.78, 5) is 0. The average Bonchev–Trinajstić information content (AvgIpc) is 2.57. The molecule has 0 radical (unpaired) electrons. The SMILES string of the molecule is CC/C(=[C](/c1ccccc1)[Al]([CH2]C)[CH2]C)c1ccccc1. The molecule has 1 heteroatoms. The van der Waals surface area contributed by atoms with Gasteiger partial charge in [0, 0.05) is 0 Å². The first-order chi connectivity index (χ1) is 10.3. The third-order valence-corrected chi connectivity index (χ3v) is 7.75. The van der Waals surface area contributed by atoms with Crippen molar-refractivity contribution in [3.05, 3.63) is 71.8 Å². The van der Waals surface area contributed by atoms with E-state index < -0.39 is 14.1 Å². The topological polar surface area (TPSA) is 0 Å². The summed E-state index contributed by atoms with van der Waals surface area (Å²) in [7, 11) is 0. The molecule has 108 valence electrons. The lowest BCUT2D eigenvalue weighted by atomic mass is 10.0. The Hall–Kier alpha value is -1.29. The van der Waals surface area contributed by atoms with Crippen LogP contribution in [0.4, 0.5) is 0 Å². The summed E-state index contributed by atoms with van der Waals surface area (Å²) >= 11 is -0.899. The van der Waals surface area contributed by atoms with E-state index in [1.54, 1.807) is 10.0 Å². The summed E-state index contributed by atoms with van der Waals surface area (Å²) in [6, 6.07) is 22.0. The predicted octanol–water partition coefficient (Wildman–Crippen LogP) is 6.08. The van der Waals surface area contributed by atoms with Crippen LogP contribution in [-0.4, -0.2) is 14.1 Å². The summed E-state index contributed by atoms with van der Waals surface area (Å²) in [6.45, 7) is 7.02. The van der Waals surface area contributed by atoms with Gasteiger partial charge in [0.25, 0.3) is 0 Å². The van der Waals surface area contributed by atoms with Gasteiger partial charge >= 0.3 is 14.1 Å². The molecule has 2 aromatic carbocycles. The van der Waals surface area contributed by atoms with Crippen LogP contribution in [0.2, 0.25) is 10.6 Å². The minimum Gasteiger partial charge on any atom is -0.0999 e. The quantitative estimate of drug-likeness (QED) is 0.447. The summed E-state index contributed by atoms with van der Waals surface area (Å²) < 4.78 is 1.68. The average molecular weight is 292 g/mol. The highest BCUT2D eigenvalue weighted by atomic mass is 27.2. The van der Waals surface area contributed by atoms with Crippen molar-refractivity contribution in [3.63, 3.8) is 0 Å². The molecular weight excluding hydrogens is 267 g/mol. The van der Waals surface area contributed by atoms with Crippen LogP contribution in [0.15, 0.2) is 60.7 Å². The van der Waals surface area contributed by atoms with E-state index in [0.717, 1.165) is 6.42 Å². The molecule has 0 aliphatic heterocycles. The lowest BCUT2D eigenvalue weighted by Crippen LogP contribution is -2.14. The van der Waals surface area contributed by atoms with Gasteiger partial charge in [-0.15, -0.1) is 0 Å². The molecule has 0 saturated carbocycles. The largest absolute Gasteiger partial charge is 0.306 e. The smallest absolute Gasteiger partial charge is 0.0999 e. The van der Waals surface area contributed by atoms with Gasteiger partial charge in [0.15, 0.2) is 0 Å². The van der Waals surface area contributed by atoms with Gasteiger partial charge in [-0.2, -0.15) is 0 Å². The Bertz CT molecular complexity index is 565. The van der Waals surface area contributed by atoms with Crippen LogP contribution in [0.3, 0.4) is 0 Å². The number of hydrogen-bond acceptors (Lipinski definition) is 0. The first-order valence-electron chi connectivity index (χ1n) is 8.15. The minimum absolute atomic E-state index is 0.899. The molecule has 0 saturated heterocycles. The normalized spacial score (nSPS) is 12.0. The summed E-state index contributed by atoms with van der Waals surface area (Å²) in [5.41, 5.74) is 4.40. The second-order valence-corrected chi connectivity index (χ2v) is 9.10. The number of benzene rings is 2. The second kappa shape index (κ2) is 8.23. The molecule has 0 fully saturated rings. The highest BCUT2D eigenvalue weighted by Crippen LogP contribution is 2.33. The molecule has 0 amide bonds. The fourth-order valence-electron chi connectivity index (χ4n) is 3.16. The van der Waals surface area contributed by atoms with Crippen molar-refractivity contribution >= 4 is 24.2 Å². The Morgan fingerprint density at radius 3 is 1.62 bits per heavy atom. The monoisotopic (exact) mass is 292 g/mol. The van der Waals surface area contributed by atoms with Gasteiger partial charge in [0.1, 0.15) is 0 Å². The van der Waals surface area contributed by atoms with E-state index >= 15 is 0 Å². The molecule has 0 N–H and O–H groups in total. The molecule has 0 aliphatic carbocycles. The van der Waals surface area contributed by atoms with Crippen LogP contribution in [0, 0.1) is 0 Å². The summed E-state index contributed by atoms with van der Waals surface area (Å²) in [6.07, 6.45) is 1.11. The first-order valence-corrected chi connectivity index (χ1v) is 10.4. The fraction of sp³-hybridized carbons (Fsp3) is 0.300. The third-order valence-electron chi connectivity index (χ3n) is 4.28. The van der Waals surface area contributed by atoms with E-state index in [0.29, 0.717) is 0 Å². The van der Waals surface area contributed by atoms with Gasteiger partial charge in [-0.25, -0.2) is 0 Å². The molecule has 0 spiro atoms. The highest BCUT2D eigenvalue weighted by Gasteiger charge is 2.22. The van der Waals surface area contributed by atoms with Gasteiger partial charge in [0.05, 0.1) is 0 Å². The van der Waals surface area contributed by atoms with Crippen LogP contribution >= 0.6 is 0 Å². The van der Waals surface area contributed by atoms with Crippen molar-refractivity contribution < 1.29 is 0 Å². The highest BCUT2D eigenvalue weighted by molar-refractivity contribution is 6.80. The zero-order valence-electron chi connectivity index (χ0n) is 13.5. The third kappa shape index (κ3) is 3.88. The Balaban J connectivity index is 2.63. The van der Waals surface area contributed by atoms with Gasteiger partial charge in [0.2, 0.25) is 0 Å². The number of rotatable bonds is 6. The van der Waals surface area contributed by atoms with Crippen LogP contribution in [-0.2, 0) is 0 Å². The van der Waals surface area contributed by atoms with E-state index in [9.17, 15) is 0 Å². The molecule has 2 aromatic rings. The van der Waals surface area contributed by atoms with E-state index in [2.05, 4.69) is 81.4 Å². The molecule has 0 nitrogen and oxygen atoms in total. The van der Waals surface area contributed by atoms with Crippen molar-refractivity contribution in [2.24, 2.45) is 0 Å². The predicted molar refractivity (Wildman–Crippen MR) is 96.7 cm³/mol. The summed E-state index contributed by atoms with van der Waals surface area (Å²) in [5, 5.41) is 2.66. The van der Waals surface area contributed by atoms with Crippen molar-refractivity contribution in [1.29, 1.82) is 0 Å². The van der Waals surface area contributed by atoms with E-state index in [1.165, 1.54) is 21.7 Å². The van der Waals surface area contributed by atoms with Gasteiger partial charge in [-0.05, 0) is 17.5 Å². The molecule has 0 heterocycles. The lowest BCUT2D eigenvalue weighted by molar-refractivity contribution is 1.24. The molecular formula is C20H25Al. The number of allylic oxidation sites excluding steroid dienone is 1. The molecule has 0 atom stereocenters. The maximum Gasteiger partial charge on any atom is 0.306 e. The van der Waals surface area contributed by atoms with Crippen molar-refractivity contribution in [1.82, 2.24) is 0 Å². The lowest BCUT2D eigenvalue weighted by Gasteiger charge is -2.20. The van der Waals surface area contributed by atoms with Crippen molar-refractivity contribution in [2.45, 2.75) is 37.8 Å². The molecule has 0 aliphatic rings. The zero-order valence-corrected chi connectivity index (χ0v) is 14.6. The minimum atomic E-state index is -0.899. The Morgan fingerprint density at radius 2 is 1.19 bits per heavy atom. The summed E-state index contributed by atoms with van der Waals surface area (Å²) in [5.74, 6) is 0. The second-order valence-electron chi connectivity index (χ2n) is 5.49. The Kier molecular flexibility index (Phi) is 6.30. The molecule has 0 bridgehead atoms. The van der Waals surface area contributed by atoms with Crippen LogP contribution in [0.25, 0.3) is 10.0 Å². The van der Waals surface area contributed by atoms with Crippen molar-refractivity contribution in [3.8, 4) is 0 Å². The van der Waals surface area contributed by atoms with Crippen LogP contribution in [0.1, 0.15) is 38.3 Å².